The van der Waals surface area contributed by atoms with Crippen molar-refractivity contribution < 1.29 is 24.2 Å². The highest BCUT2D eigenvalue weighted by Crippen LogP contribution is 2.15. The molecule has 0 saturated heterocycles. The van der Waals surface area contributed by atoms with Crippen molar-refractivity contribution in [1.82, 2.24) is 10.6 Å². The zero-order chi connectivity index (χ0) is 15.8. The summed E-state index contributed by atoms with van der Waals surface area (Å²) >= 11 is 0. The Balaban J connectivity index is 2.49. The van der Waals surface area contributed by atoms with Crippen LogP contribution >= 0.6 is 0 Å². The lowest BCUT2D eigenvalue weighted by molar-refractivity contribution is -0.139. The van der Waals surface area contributed by atoms with E-state index in [4.69, 9.17) is 9.84 Å². The lowest BCUT2D eigenvalue weighted by Crippen LogP contribution is -2.45. The second kappa shape index (κ2) is 7.73. The monoisotopic (exact) mass is 295 g/mol. The van der Waals surface area contributed by atoms with Crippen LogP contribution in [0.1, 0.15) is 6.92 Å². The van der Waals surface area contributed by atoms with Gasteiger partial charge in [-0.3, -0.25) is 4.79 Å². The first-order chi connectivity index (χ1) is 9.92. The Kier molecular flexibility index (Phi) is 5.99. The summed E-state index contributed by atoms with van der Waals surface area (Å²) in [5, 5.41) is 15.9. The van der Waals surface area contributed by atoms with Gasteiger partial charge in [-0.25, -0.2) is 9.59 Å². The van der Waals surface area contributed by atoms with Gasteiger partial charge in [-0.2, -0.15) is 0 Å². The third kappa shape index (κ3) is 5.81. The van der Waals surface area contributed by atoms with Gasteiger partial charge in [0.15, 0.2) is 6.61 Å². The third-order valence-electron chi connectivity index (χ3n) is 2.46. The van der Waals surface area contributed by atoms with Gasteiger partial charge < -0.3 is 25.8 Å². The number of ether oxygens (including phenoxy) is 1. The van der Waals surface area contributed by atoms with Crippen molar-refractivity contribution in [2.75, 3.05) is 19.0 Å². The highest BCUT2D eigenvalue weighted by molar-refractivity contribution is 5.93. The largest absolute Gasteiger partial charge is 0.482 e. The smallest absolute Gasteiger partial charge is 0.341 e. The molecule has 0 saturated carbocycles. The fourth-order valence-corrected chi connectivity index (χ4v) is 1.43. The Morgan fingerprint density at radius 1 is 1.24 bits per heavy atom. The average Bonchev–Trinajstić information content (AvgIpc) is 2.45. The Hall–Kier alpha value is -2.77. The van der Waals surface area contributed by atoms with E-state index in [-0.39, 0.29) is 5.91 Å². The maximum absolute atomic E-state index is 11.6. The van der Waals surface area contributed by atoms with E-state index in [9.17, 15) is 14.4 Å². The standard InChI is InChI=1S/C13H17N3O5/c1-8(12(19)14-2)15-13(20)16-9-3-5-10(6-4-9)21-7-11(17)18/h3-6,8H,7H2,1-2H3,(H,14,19)(H,17,18)(H2,15,16,20). The highest BCUT2D eigenvalue weighted by Gasteiger charge is 2.13. The van der Waals surface area contributed by atoms with Crippen molar-refractivity contribution in [3.8, 4) is 5.75 Å². The van der Waals surface area contributed by atoms with Gasteiger partial charge in [0.25, 0.3) is 0 Å². The van der Waals surface area contributed by atoms with Gasteiger partial charge in [-0.05, 0) is 31.2 Å². The Morgan fingerprint density at radius 2 is 1.86 bits per heavy atom. The number of likely N-dealkylation sites (N-methyl/N-ethyl adjacent to an activating group) is 1. The molecular formula is C13H17N3O5. The minimum atomic E-state index is -1.07. The number of amides is 3. The van der Waals surface area contributed by atoms with Crippen molar-refractivity contribution in [3.05, 3.63) is 24.3 Å². The predicted octanol–water partition coefficient (Wildman–Crippen LogP) is 0.406. The number of carboxylic acids is 1. The number of carboxylic acid groups (broad SMARTS) is 1. The van der Waals surface area contributed by atoms with E-state index in [1.165, 1.54) is 19.2 Å². The molecule has 4 N–H and O–H groups in total. The normalized spacial score (nSPS) is 11.1. The summed E-state index contributed by atoms with van der Waals surface area (Å²) in [5.74, 6) is -0.996. The summed E-state index contributed by atoms with van der Waals surface area (Å²) in [5.41, 5.74) is 0.485. The number of hydrogen-bond donors (Lipinski definition) is 4. The highest BCUT2D eigenvalue weighted by atomic mass is 16.5. The lowest BCUT2D eigenvalue weighted by atomic mass is 10.3. The number of carbonyl (C=O) groups is 3. The molecule has 3 amide bonds. The number of aliphatic carboxylic acids is 1. The fraction of sp³-hybridized carbons (Fsp3) is 0.308. The zero-order valence-corrected chi connectivity index (χ0v) is 11.7. The average molecular weight is 295 g/mol. The van der Waals surface area contributed by atoms with E-state index in [2.05, 4.69) is 16.0 Å². The van der Waals surface area contributed by atoms with Gasteiger partial charge >= 0.3 is 12.0 Å². The van der Waals surface area contributed by atoms with Crippen LogP contribution in [-0.2, 0) is 9.59 Å². The van der Waals surface area contributed by atoms with Crippen molar-refractivity contribution in [3.63, 3.8) is 0 Å². The molecule has 0 heterocycles. The quantitative estimate of drug-likeness (QED) is 0.606. The first kappa shape index (κ1) is 16.3. The summed E-state index contributed by atoms with van der Waals surface area (Å²) in [6, 6.07) is 4.99. The van der Waals surface area contributed by atoms with E-state index in [0.29, 0.717) is 11.4 Å². The maximum atomic E-state index is 11.6. The van der Waals surface area contributed by atoms with Gasteiger partial charge in [-0.15, -0.1) is 0 Å². The van der Waals surface area contributed by atoms with Crippen molar-refractivity contribution in [2.24, 2.45) is 0 Å². The number of hydrogen-bond acceptors (Lipinski definition) is 4. The fourth-order valence-electron chi connectivity index (χ4n) is 1.43. The summed E-state index contributed by atoms with van der Waals surface area (Å²) in [7, 11) is 1.48. The summed E-state index contributed by atoms with van der Waals surface area (Å²) in [4.78, 5) is 33.2. The molecule has 1 aromatic carbocycles. The Bertz CT molecular complexity index is 515. The molecule has 1 rings (SSSR count). The maximum Gasteiger partial charge on any atom is 0.341 e. The van der Waals surface area contributed by atoms with Gasteiger partial charge in [-0.1, -0.05) is 0 Å². The van der Waals surface area contributed by atoms with E-state index in [0.717, 1.165) is 0 Å². The van der Waals surface area contributed by atoms with Crippen molar-refractivity contribution >= 4 is 23.6 Å². The van der Waals surface area contributed by atoms with Crippen molar-refractivity contribution in [2.45, 2.75) is 13.0 Å². The lowest BCUT2D eigenvalue weighted by Gasteiger charge is -2.13. The van der Waals surface area contributed by atoms with Crippen LogP contribution in [0.5, 0.6) is 5.75 Å². The number of anilines is 1. The van der Waals surface area contributed by atoms with Crippen LogP contribution in [0.15, 0.2) is 24.3 Å². The summed E-state index contributed by atoms with van der Waals surface area (Å²) < 4.78 is 4.96. The van der Waals surface area contributed by atoms with E-state index in [1.54, 1.807) is 19.1 Å². The molecular weight excluding hydrogens is 278 g/mol. The van der Waals surface area contributed by atoms with Crippen LogP contribution in [-0.4, -0.2) is 42.7 Å². The minimum absolute atomic E-state index is 0.303. The van der Waals surface area contributed by atoms with E-state index < -0.39 is 24.6 Å². The molecule has 0 aliphatic heterocycles. The minimum Gasteiger partial charge on any atom is -0.482 e. The molecule has 114 valence electrons. The molecule has 0 spiro atoms. The summed E-state index contributed by atoms with van der Waals surface area (Å²) in [6.45, 7) is 1.12. The predicted molar refractivity (Wildman–Crippen MR) is 75.3 cm³/mol. The molecule has 8 heteroatoms. The molecule has 0 aliphatic rings. The molecule has 0 aromatic heterocycles. The topological polar surface area (TPSA) is 117 Å². The molecule has 0 aliphatic carbocycles. The van der Waals surface area contributed by atoms with E-state index >= 15 is 0 Å². The van der Waals surface area contributed by atoms with Gasteiger partial charge in [0.2, 0.25) is 5.91 Å². The van der Waals surface area contributed by atoms with Crippen LogP contribution in [0.25, 0.3) is 0 Å². The number of benzene rings is 1. The van der Waals surface area contributed by atoms with Gasteiger partial charge in [0, 0.05) is 12.7 Å². The van der Waals surface area contributed by atoms with Crippen LogP contribution in [0.2, 0.25) is 0 Å². The second-order valence-corrected chi connectivity index (χ2v) is 4.14. The third-order valence-corrected chi connectivity index (χ3v) is 2.46. The van der Waals surface area contributed by atoms with Gasteiger partial charge in [0.05, 0.1) is 0 Å². The SMILES string of the molecule is CNC(=O)C(C)NC(=O)Nc1ccc(OCC(=O)O)cc1. The molecule has 0 bridgehead atoms. The van der Waals surface area contributed by atoms with Gasteiger partial charge in [0.1, 0.15) is 11.8 Å². The van der Waals surface area contributed by atoms with Crippen LogP contribution in [0, 0.1) is 0 Å². The summed E-state index contributed by atoms with van der Waals surface area (Å²) in [6.07, 6.45) is 0. The van der Waals surface area contributed by atoms with E-state index in [1.807, 2.05) is 0 Å². The number of rotatable bonds is 6. The first-order valence-electron chi connectivity index (χ1n) is 6.16. The zero-order valence-electron chi connectivity index (χ0n) is 11.7. The number of carbonyl (C=O) groups excluding carboxylic acids is 2. The van der Waals surface area contributed by atoms with Crippen LogP contribution in [0.4, 0.5) is 10.5 Å². The van der Waals surface area contributed by atoms with Crippen LogP contribution in [0.3, 0.4) is 0 Å². The van der Waals surface area contributed by atoms with Crippen LogP contribution < -0.4 is 20.7 Å². The molecule has 1 aromatic rings. The molecule has 1 unspecified atom stereocenters. The molecule has 1 atom stereocenters. The molecule has 8 nitrogen and oxygen atoms in total. The molecule has 0 fully saturated rings. The number of urea groups is 1. The van der Waals surface area contributed by atoms with Crippen molar-refractivity contribution in [1.29, 1.82) is 0 Å². The molecule has 0 radical (unpaired) electrons. The second-order valence-electron chi connectivity index (χ2n) is 4.14. The number of nitrogens with one attached hydrogen (secondary N) is 3. The Morgan fingerprint density at radius 3 is 2.38 bits per heavy atom. The first-order valence-corrected chi connectivity index (χ1v) is 6.16. The molecule has 21 heavy (non-hydrogen) atoms. The Labute approximate surface area is 121 Å².